The number of anilines is 1. The summed E-state index contributed by atoms with van der Waals surface area (Å²) in [5.41, 5.74) is 0. The number of methoxy groups -OCH3 is 1. The second-order valence-corrected chi connectivity index (χ2v) is 5.04. The molecule has 19 heavy (non-hydrogen) atoms. The number of aromatic nitrogens is 2. The second kappa shape index (κ2) is 6.65. The summed E-state index contributed by atoms with van der Waals surface area (Å²) >= 11 is 0. The summed E-state index contributed by atoms with van der Waals surface area (Å²) in [5.74, 6) is 0.577. The Hall–Kier alpha value is -1.43. The molecule has 2 heterocycles. The van der Waals surface area contributed by atoms with Crippen LogP contribution in [0.2, 0.25) is 0 Å². The lowest BCUT2D eigenvalue weighted by atomic mass is 9.95. The third-order valence-corrected chi connectivity index (χ3v) is 3.46. The van der Waals surface area contributed by atoms with Crippen molar-refractivity contribution in [1.29, 1.82) is 0 Å². The molecule has 0 saturated carbocycles. The molecule has 5 nitrogen and oxygen atoms in total. The third kappa shape index (κ3) is 4.02. The molecule has 106 valence electrons. The Kier molecular flexibility index (Phi) is 4.90. The van der Waals surface area contributed by atoms with Gasteiger partial charge in [0.05, 0.1) is 13.3 Å². The number of ether oxygens (including phenoxy) is 1. The lowest BCUT2D eigenvalue weighted by Crippen LogP contribution is -2.32. The van der Waals surface area contributed by atoms with Gasteiger partial charge in [0.15, 0.2) is 0 Å². The number of rotatable bonds is 5. The highest BCUT2D eigenvalue weighted by atomic mass is 19.1. The fourth-order valence-electron chi connectivity index (χ4n) is 2.48. The van der Waals surface area contributed by atoms with Crippen molar-refractivity contribution in [3.05, 3.63) is 12.0 Å². The van der Waals surface area contributed by atoms with Crippen molar-refractivity contribution in [1.82, 2.24) is 14.9 Å². The lowest BCUT2D eigenvalue weighted by Gasteiger charge is -2.29. The fraction of sp³-hybridized carbons (Fsp3) is 0.692. The van der Waals surface area contributed by atoms with E-state index in [1.807, 2.05) is 0 Å². The van der Waals surface area contributed by atoms with Crippen LogP contribution >= 0.6 is 0 Å². The van der Waals surface area contributed by atoms with E-state index in [0.29, 0.717) is 11.9 Å². The molecule has 0 bridgehead atoms. The van der Waals surface area contributed by atoms with Gasteiger partial charge in [-0.1, -0.05) is 0 Å². The number of nitrogens with one attached hydrogen (secondary N) is 1. The van der Waals surface area contributed by atoms with Crippen LogP contribution in [0.15, 0.2) is 6.20 Å². The van der Waals surface area contributed by atoms with E-state index in [0.717, 1.165) is 25.7 Å². The number of hydrogen-bond donors (Lipinski definition) is 1. The van der Waals surface area contributed by atoms with Crippen LogP contribution in [-0.4, -0.2) is 48.7 Å². The minimum atomic E-state index is -0.540. The van der Waals surface area contributed by atoms with E-state index in [-0.39, 0.29) is 5.88 Å². The van der Waals surface area contributed by atoms with Crippen LogP contribution in [0.5, 0.6) is 5.88 Å². The molecular weight excluding hydrogens is 247 g/mol. The van der Waals surface area contributed by atoms with Gasteiger partial charge in [0, 0.05) is 13.1 Å². The smallest absolute Gasteiger partial charge is 0.255 e. The highest BCUT2D eigenvalue weighted by Crippen LogP contribution is 2.18. The minimum absolute atomic E-state index is 0.0186. The van der Waals surface area contributed by atoms with Gasteiger partial charge < -0.3 is 15.0 Å². The Morgan fingerprint density at radius 1 is 1.58 bits per heavy atom. The molecule has 1 saturated heterocycles. The zero-order chi connectivity index (χ0) is 13.7. The van der Waals surface area contributed by atoms with Gasteiger partial charge >= 0.3 is 0 Å². The molecule has 0 aromatic carbocycles. The number of hydrogen-bond acceptors (Lipinski definition) is 5. The SMILES string of the molecule is COc1nc(NCC[C@@H]2CCCN(C)C2)ncc1F. The van der Waals surface area contributed by atoms with Crippen molar-refractivity contribution in [2.24, 2.45) is 5.92 Å². The van der Waals surface area contributed by atoms with Crippen molar-refractivity contribution in [2.75, 3.05) is 39.1 Å². The molecule has 0 amide bonds. The maximum Gasteiger partial charge on any atom is 0.255 e. The molecule has 1 aromatic heterocycles. The van der Waals surface area contributed by atoms with E-state index in [4.69, 9.17) is 4.74 Å². The summed E-state index contributed by atoms with van der Waals surface area (Å²) in [7, 11) is 3.56. The summed E-state index contributed by atoms with van der Waals surface area (Å²) < 4.78 is 18.0. The quantitative estimate of drug-likeness (QED) is 0.882. The van der Waals surface area contributed by atoms with E-state index >= 15 is 0 Å². The van der Waals surface area contributed by atoms with Crippen LogP contribution in [0.1, 0.15) is 19.3 Å². The van der Waals surface area contributed by atoms with Gasteiger partial charge in [0.2, 0.25) is 11.8 Å². The molecule has 1 N–H and O–H groups in total. The van der Waals surface area contributed by atoms with Crippen molar-refractivity contribution in [3.63, 3.8) is 0 Å². The predicted molar refractivity (Wildman–Crippen MR) is 71.9 cm³/mol. The van der Waals surface area contributed by atoms with Gasteiger partial charge in [-0.05, 0) is 38.8 Å². The Labute approximate surface area is 113 Å². The van der Waals surface area contributed by atoms with Crippen LogP contribution in [0, 0.1) is 11.7 Å². The predicted octanol–water partition coefficient (Wildman–Crippen LogP) is 1.77. The summed E-state index contributed by atoms with van der Waals surface area (Å²) in [4.78, 5) is 10.2. The van der Waals surface area contributed by atoms with Crippen LogP contribution < -0.4 is 10.1 Å². The first kappa shape index (κ1) is 14.0. The van der Waals surface area contributed by atoms with Gasteiger partial charge in [0.1, 0.15) is 0 Å². The van der Waals surface area contributed by atoms with Gasteiger partial charge in [0.25, 0.3) is 5.88 Å². The fourth-order valence-corrected chi connectivity index (χ4v) is 2.48. The zero-order valence-corrected chi connectivity index (χ0v) is 11.5. The Balaban J connectivity index is 1.79. The Bertz CT molecular complexity index is 416. The first-order valence-electron chi connectivity index (χ1n) is 6.68. The molecule has 1 fully saturated rings. The maximum atomic E-state index is 13.1. The standard InChI is InChI=1S/C13H21FN4O/c1-18-7-3-4-10(9-18)5-6-15-13-16-8-11(14)12(17-13)19-2/h8,10H,3-7,9H2,1-2H3,(H,15,16,17)/t10-/m0/s1. The molecule has 6 heteroatoms. The number of piperidine rings is 1. The van der Waals surface area contributed by atoms with Crippen molar-refractivity contribution >= 4 is 5.95 Å². The summed E-state index contributed by atoms with van der Waals surface area (Å²) in [6.07, 6.45) is 4.75. The average molecular weight is 268 g/mol. The highest BCUT2D eigenvalue weighted by molar-refractivity contribution is 5.28. The summed E-state index contributed by atoms with van der Waals surface area (Å²) in [6, 6.07) is 0. The second-order valence-electron chi connectivity index (χ2n) is 5.04. The van der Waals surface area contributed by atoms with Crippen LogP contribution in [0.4, 0.5) is 10.3 Å². The van der Waals surface area contributed by atoms with Crippen LogP contribution in [-0.2, 0) is 0 Å². The third-order valence-electron chi connectivity index (χ3n) is 3.46. The summed E-state index contributed by atoms with van der Waals surface area (Å²) in [6.45, 7) is 3.14. The first-order valence-corrected chi connectivity index (χ1v) is 6.68. The molecule has 1 atom stereocenters. The van der Waals surface area contributed by atoms with Gasteiger partial charge in [-0.15, -0.1) is 0 Å². The van der Waals surface area contributed by atoms with E-state index in [1.165, 1.54) is 26.5 Å². The monoisotopic (exact) mass is 268 g/mol. The summed E-state index contributed by atoms with van der Waals surface area (Å²) in [5, 5.41) is 3.12. The largest absolute Gasteiger partial charge is 0.479 e. The topological polar surface area (TPSA) is 50.3 Å². The molecule has 0 spiro atoms. The van der Waals surface area contributed by atoms with Crippen molar-refractivity contribution < 1.29 is 9.13 Å². The molecule has 1 aliphatic heterocycles. The normalized spacial score (nSPS) is 20.3. The molecule has 0 radical (unpaired) electrons. The van der Waals surface area contributed by atoms with E-state index < -0.39 is 5.82 Å². The van der Waals surface area contributed by atoms with Crippen molar-refractivity contribution in [3.8, 4) is 5.88 Å². The number of nitrogens with zero attached hydrogens (tertiary/aromatic N) is 3. The molecule has 0 unspecified atom stereocenters. The number of halogens is 1. The van der Waals surface area contributed by atoms with Crippen molar-refractivity contribution in [2.45, 2.75) is 19.3 Å². The van der Waals surface area contributed by atoms with Gasteiger partial charge in [-0.2, -0.15) is 9.37 Å². The Morgan fingerprint density at radius 3 is 3.16 bits per heavy atom. The van der Waals surface area contributed by atoms with E-state index in [2.05, 4.69) is 27.2 Å². The highest BCUT2D eigenvalue weighted by Gasteiger charge is 2.16. The maximum absolute atomic E-state index is 13.1. The first-order chi connectivity index (χ1) is 9.19. The van der Waals surface area contributed by atoms with Crippen LogP contribution in [0.3, 0.4) is 0 Å². The van der Waals surface area contributed by atoms with Gasteiger partial charge in [-0.3, -0.25) is 0 Å². The lowest BCUT2D eigenvalue weighted by molar-refractivity contribution is 0.205. The van der Waals surface area contributed by atoms with E-state index in [9.17, 15) is 4.39 Å². The van der Waals surface area contributed by atoms with Gasteiger partial charge in [-0.25, -0.2) is 4.98 Å². The Morgan fingerprint density at radius 2 is 2.42 bits per heavy atom. The molecule has 2 rings (SSSR count). The minimum Gasteiger partial charge on any atom is -0.479 e. The molecule has 0 aliphatic carbocycles. The molecule has 1 aromatic rings. The molecular formula is C13H21FN4O. The number of likely N-dealkylation sites (tertiary alicyclic amines) is 1. The zero-order valence-electron chi connectivity index (χ0n) is 11.5. The van der Waals surface area contributed by atoms with Crippen LogP contribution in [0.25, 0.3) is 0 Å². The average Bonchev–Trinajstić information content (AvgIpc) is 2.41. The van der Waals surface area contributed by atoms with E-state index in [1.54, 1.807) is 0 Å². The molecule has 1 aliphatic rings.